The molecule has 0 unspecified atom stereocenters. The van der Waals surface area contributed by atoms with Crippen molar-refractivity contribution in [3.8, 4) is 16.9 Å². The van der Waals surface area contributed by atoms with Gasteiger partial charge in [0.2, 0.25) is 5.78 Å². The molecule has 1 saturated carbocycles. The van der Waals surface area contributed by atoms with Crippen LogP contribution in [0.2, 0.25) is 0 Å². The van der Waals surface area contributed by atoms with Crippen LogP contribution in [0.1, 0.15) is 68.7 Å². The molecule has 0 aromatic heterocycles. The number of ketones is 3. The van der Waals surface area contributed by atoms with E-state index in [1.54, 1.807) is 0 Å². The molecule has 0 amide bonds. The second-order valence-corrected chi connectivity index (χ2v) is 11.0. The van der Waals surface area contributed by atoms with Crippen molar-refractivity contribution in [2.45, 2.75) is 64.9 Å². The molecule has 2 aromatic carbocycles. The van der Waals surface area contributed by atoms with Crippen molar-refractivity contribution in [1.29, 1.82) is 0 Å². The fourth-order valence-electron chi connectivity index (χ4n) is 6.43. The Kier molecular flexibility index (Phi) is 6.10. The third-order valence-corrected chi connectivity index (χ3v) is 8.52. The number of allylic oxidation sites excluding steroid dienone is 1. The lowest BCUT2D eigenvalue weighted by atomic mass is 9.59. The fourth-order valence-corrected chi connectivity index (χ4v) is 6.43. The van der Waals surface area contributed by atoms with Gasteiger partial charge in [0.25, 0.3) is 0 Å². The summed E-state index contributed by atoms with van der Waals surface area (Å²) in [4.78, 5) is 38.5. The molecule has 0 radical (unpaired) electrons. The Balaban J connectivity index is 1.72. The number of aliphatic hydroxyl groups excluding tert-OH is 2. The summed E-state index contributed by atoms with van der Waals surface area (Å²) in [5, 5.41) is 44.9. The Labute approximate surface area is 221 Å². The van der Waals surface area contributed by atoms with E-state index >= 15 is 0 Å². The molecule has 3 aliphatic carbocycles. The molecule has 1 fully saturated rings. The van der Waals surface area contributed by atoms with Crippen LogP contribution >= 0.6 is 0 Å². The zero-order valence-corrected chi connectivity index (χ0v) is 22.0. The van der Waals surface area contributed by atoms with Gasteiger partial charge in [0, 0.05) is 17.9 Å². The van der Waals surface area contributed by atoms with E-state index in [1.807, 2.05) is 25.1 Å². The van der Waals surface area contributed by atoms with E-state index in [0.717, 1.165) is 18.1 Å². The monoisotopic (exact) mass is 516 g/mol. The minimum absolute atomic E-state index is 0.0929. The Morgan fingerprint density at radius 1 is 1.08 bits per heavy atom. The van der Waals surface area contributed by atoms with Crippen molar-refractivity contribution in [3.63, 3.8) is 0 Å². The molecule has 0 heterocycles. The first-order valence-corrected chi connectivity index (χ1v) is 13.1. The summed E-state index contributed by atoms with van der Waals surface area (Å²) in [5.74, 6) is -4.91. The van der Waals surface area contributed by atoms with Gasteiger partial charge in [-0.3, -0.25) is 14.4 Å². The van der Waals surface area contributed by atoms with E-state index in [-0.39, 0.29) is 29.7 Å². The minimum atomic E-state index is -2.49. The van der Waals surface area contributed by atoms with Gasteiger partial charge in [0.15, 0.2) is 17.2 Å². The van der Waals surface area contributed by atoms with Gasteiger partial charge in [-0.25, -0.2) is 0 Å². The van der Waals surface area contributed by atoms with Crippen molar-refractivity contribution in [3.05, 3.63) is 69.5 Å². The van der Waals surface area contributed by atoms with E-state index in [2.05, 4.69) is 26.0 Å². The highest BCUT2D eigenvalue weighted by Crippen LogP contribution is 2.53. The van der Waals surface area contributed by atoms with Gasteiger partial charge in [0.05, 0.1) is 5.56 Å². The maximum absolute atomic E-state index is 13.8. The summed E-state index contributed by atoms with van der Waals surface area (Å²) in [5.41, 5.74) is 1.21. The number of Topliss-reactive ketones (excluding diaryl/α,β-unsaturated/α-hetero) is 3. The molecule has 4 N–H and O–H groups in total. The largest absolute Gasteiger partial charge is 0.508 e. The number of carbonyl (C=O) groups is 3. The van der Waals surface area contributed by atoms with Crippen molar-refractivity contribution in [1.82, 2.24) is 0 Å². The molecule has 38 heavy (non-hydrogen) atoms. The zero-order valence-electron chi connectivity index (χ0n) is 22.0. The van der Waals surface area contributed by atoms with E-state index in [4.69, 9.17) is 0 Å². The SMILES string of the molecule is CCc1cc(-c2ccc(C(C)C)cc2)c2c(c1O)C(O)=C1C(=O)[C@@]3(O)C(O)=C(C(C)=O)C(=O)C[C@H]3C[C@H]1C2. The van der Waals surface area contributed by atoms with E-state index < -0.39 is 51.9 Å². The highest BCUT2D eigenvalue weighted by Gasteiger charge is 2.60. The zero-order chi connectivity index (χ0) is 27.7. The first kappa shape index (κ1) is 25.9. The highest BCUT2D eigenvalue weighted by atomic mass is 16.3. The Hall–Kier alpha value is -3.71. The molecular weight excluding hydrogens is 484 g/mol. The quantitative estimate of drug-likeness (QED) is 0.426. The molecule has 7 heteroatoms. The number of aromatic hydroxyl groups is 1. The van der Waals surface area contributed by atoms with Crippen molar-refractivity contribution in [2.24, 2.45) is 11.8 Å². The summed E-state index contributed by atoms with van der Waals surface area (Å²) < 4.78 is 0. The van der Waals surface area contributed by atoms with Crippen molar-refractivity contribution in [2.75, 3.05) is 0 Å². The van der Waals surface area contributed by atoms with Gasteiger partial charge < -0.3 is 20.4 Å². The number of carbonyl (C=O) groups excluding carboxylic acids is 3. The van der Waals surface area contributed by atoms with E-state index in [9.17, 15) is 34.8 Å². The number of phenolic OH excluding ortho intramolecular Hbond substituents is 1. The molecule has 2 aromatic rings. The molecule has 5 rings (SSSR count). The van der Waals surface area contributed by atoms with Gasteiger partial charge >= 0.3 is 0 Å². The average molecular weight is 517 g/mol. The van der Waals surface area contributed by atoms with Crippen LogP contribution < -0.4 is 0 Å². The first-order valence-electron chi connectivity index (χ1n) is 13.1. The number of phenols is 1. The van der Waals surface area contributed by atoms with Gasteiger partial charge in [-0.1, -0.05) is 45.0 Å². The topological polar surface area (TPSA) is 132 Å². The highest BCUT2D eigenvalue weighted by molar-refractivity contribution is 6.23. The van der Waals surface area contributed by atoms with Gasteiger partial charge in [-0.2, -0.15) is 0 Å². The third kappa shape index (κ3) is 3.56. The predicted octanol–water partition coefficient (Wildman–Crippen LogP) is 4.88. The number of aryl methyl sites for hydroxylation is 1. The number of hydrogen-bond acceptors (Lipinski definition) is 7. The lowest BCUT2D eigenvalue weighted by molar-refractivity contribution is -0.147. The predicted molar refractivity (Wildman–Crippen MR) is 142 cm³/mol. The van der Waals surface area contributed by atoms with Crippen molar-refractivity contribution < 1.29 is 34.8 Å². The standard InChI is InChI=1S/C31H32O7/c1-5-16-11-21(18-8-6-17(7-9-18)14(2)3)22-12-19-10-20-13-23(33)24(15(4)32)29(36)31(20,38)30(37)25(19)28(35)26(22)27(16)34/h6-9,11,14,19-20,34-36,38H,5,10,12-13H2,1-4H3/t19-,20+,31-/m0/s1. The normalized spacial score (nSPS) is 24.9. The number of hydrogen-bond donors (Lipinski definition) is 4. The Morgan fingerprint density at radius 3 is 2.32 bits per heavy atom. The van der Waals surface area contributed by atoms with Crippen LogP contribution in [-0.2, 0) is 27.2 Å². The summed E-state index contributed by atoms with van der Waals surface area (Å²) in [7, 11) is 0. The minimum Gasteiger partial charge on any atom is -0.508 e. The first-order chi connectivity index (χ1) is 17.9. The van der Waals surface area contributed by atoms with Crippen LogP contribution in [0.3, 0.4) is 0 Å². The summed E-state index contributed by atoms with van der Waals surface area (Å²) in [6.45, 7) is 7.20. The second kappa shape index (κ2) is 8.95. The average Bonchev–Trinajstić information content (AvgIpc) is 2.86. The molecule has 0 spiro atoms. The molecule has 3 atom stereocenters. The lowest BCUT2D eigenvalue weighted by Crippen LogP contribution is -2.57. The third-order valence-electron chi connectivity index (χ3n) is 8.52. The van der Waals surface area contributed by atoms with E-state index in [1.165, 1.54) is 5.56 Å². The Bertz CT molecular complexity index is 1460. The number of aliphatic hydroxyl groups is 3. The summed E-state index contributed by atoms with van der Waals surface area (Å²) >= 11 is 0. The van der Waals surface area contributed by atoms with Crippen molar-refractivity contribution >= 4 is 23.1 Å². The number of fused-ring (bicyclic) bond motifs is 3. The van der Waals surface area contributed by atoms with Crippen LogP contribution in [-0.4, -0.2) is 43.4 Å². The number of rotatable bonds is 4. The van der Waals surface area contributed by atoms with Crippen LogP contribution in [0.5, 0.6) is 5.75 Å². The molecular formula is C31H32O7. The van der Waals surface area contributed by atoms with Gasteiger partial charge in [0.1, 0.15) is 22.8 Å². The van der Waals surface area contributed by atoms with Crippen LogP contribution in [0.15, 0.2) is 47.2 Å². The van der Waals surface area contributed by atoms with E-state index in [0.29, 0.717) is 29.9 Å². The van der Waals surface area contributed by atoms with Crippen LogP contribution in [0.25, 0.3) is 16.9 Å². The van der Waals surface area contributed by atoms with Gasteiger partial charge in [-0.05, 0) is 71.9 Å². The summed E-state index contributed by atoms with van der Waals surface area (Å²) in [6.07, 6.45) is 0.659. The molecule has 3 aliphatic rings. The number of benzene rings is 2. The molecule has 0 aliphatic heterocycles. The maximum Gasteiger partial charge on any atom is 0.202 e. The molecule has 198 valence electrons. The van der Waals surface area contributed by atoms with Crippen LogP contribution in [0.4, 0.5) is 0 Å². The van der Waals surface area contributed by atoms with Crippen LogP contribution in [0, 0.1) is 11.8 Å². The Morgan fingerprint density at radius 2 is 1.74 bits per heavy atom. The van der Waals surface area contributed by atoms with Gasteiger partial charge in [-0.15, -0.1) is 0 Å². The maximum atomic E-state index is 13.8. The lowest BCUT2D eigenvalue weighted by Gasteiger charge is -2.46. The molecule has 0 saturated heterocycles. The smallest absolute Gasteiger partial charge is 0.202 e. The fraction of sp³-hybridized carbons (Fsp3) is 0.387. The molecule has 0 bridgehead atoms. The molecule has 7 nitrogen and oxygen atoms in total. The summed E-state index contributed by atoms with van der Waals surface area (Å²) in [6, 6.07) is 10.0. The second-order valence-electron chi connectivity index (χ2n) is 11.0.